The number of fused-ring (bicyclic) bond motifs is 1. The molecular weight excluding hydrogens is 258 g/mol. The van der Waals surface area contributed by atoms with Crippen LogP contribution < -0.4 is 4.74 Å². The smallest absolute Gasteiger partial charge is 0.387 e. The van der Waals surface area contributed by atoms with Crippen molar-refractivity contribution >= 4 is 16.9 Å². The summed E-state index contributed by atoms with van der Waals surface area (Å²) >= 11 is 0. The first-order chi connectivity index (χ1) is 9.08. The number of rotatable bonds is 4. The van der Waals surface area contributed by atoms with Crippen LogP contribution >= 0.6 is 0 Å². The number of carbonyl (C=O) groups excluding carboxylic acids is 1. The molecule has 0 saturated heterocycles. The average Bonchev–Trinajstić information content (AvgIpc) is 2.75. The standard InChI is InChI=1S/C13H12F2O4/c1-3-9-11(19-13(14)15)7-5-4-6-8(10(7)18-9)12(16)17-2/h4-6,13H,3H2,1-2H3. The summed E-state index contributed by atoms with van der Waals surface area (Å²) in [5, 5.41) is 0.333. The first-order valence-corrected chi connectivity index (χ1v) is 5.66. The Balaban J connectivity index is 2.65. The molecule has 0 radical (unpaired) electrons. The van der Waals surface area contributed by atoms with Crippen molar-refractivity contribution in [2.24, 2.45) is 0 Å². The second-order valence-corrected chi connectivity index (χ2v) is 3.76. The van der Waals surface area contributed by atoms with E-state index in [0.29, 0.717) is 11.8 Å². The van der Waals surface area contributed by atoms with Gasteiger partial charge in [0.25, 0.3) is 0 Å². The summed E-state index contributed by atoms with van der Waals surface area (Å²) in [6.45, 7) is -1.21. The number of halogens is 2. The number of aryl methyl sites for hydroxylation is 1. The van der Waals surface area contributed by atoms with E-state index < -0.39 is 12.6 Å². The first-order valence-electron chi connectivity index (χ1n) is 5.66. The van der Waals surface area contributed by atoms with E-state index in [9.17, 15) is 13.6 Å². The normalized spacial score (nSPS) is 11.0. The molecule has 0 N–H and O–H groups in total. The van der Waals surface area contributed by atoms with Crippen LogP contribution in [-0.4, -0.2) is 19.7 Å². The fourth-order valence-corrected chi connectivity index (χ4v) is 1.87. The molecule has 0 amide bonds. The summed E-state index contributed by atoms with van der Waals surface area (Å²) in [4.78, 5) is 11.6. The lowest BCUT2D eigenvalue weighted by Crippen LogP contribution is -2.03. The largest absolute Gasteiger partial charge is 0.465 e. The van der Waals surface area contributed by atoms with E-state index in [4.69, 9.17) is 4.42 Å². The van der Waals surface area contributed by atoms with Gasteiger partial charge in [0.2, 0.25) is 0 Å². The number of benzene rings is 1. The minimum Gasteiger partial charge on any atom is -0.465 e. The third-order valence-electron chi connectivity index (χ3n) is 2.67. The van der Waals surface area contributed by atoms with Crippen LogP contribution in [0.5, 0.6) is 5.75 Å². The minimum absolute atomic E-state index is 0.0294. The van der Waals surface area contributed by atoms with E-state index >= 15 is 0 Å². The lowest BCUT2D eigenvalue weighted by molar-refractivity contribution is -0.0500. The van der Waals surface area contributed by atoms with Gasteiger partial charge in [0.1, 0.15) is 11.3 Å². The van der Waals surface area contributed by atoms with Gasteiger partial charge in [0.15, 0.2) is 11.3 Å². The molecule has 0 aliphatic carbocycles. The fourth-order valence-electron chi connectivity index (χ4n) is 1.87. The number of furan rings is 1. The molecule has 0 aliphatic rings. The lowest BCUT2D eigenvalue weighted by atomic mass is 10.1. The van der Waals surface area contributed by atoms with Gasteiger partial charge in [-0.15, -0.1) is 0 Å². The summed E-state index contributed by atoms with van der Waals surface area (Å²) in [5.41, 5.74) is 0.376. The summed E-state index contributed by atoms with van der Waals surface area (Å²) in [7, 11) is 1.24. The number of esters is 1. The highest BCUT2D eigenvalue weighted by molar-refractivity contribution is 6.04. The van der Waals surface area contributed by atoms with E-state index in [1.165, 1.54) is 13.2 Å². The number of ether oxygens (including phenoxy) is 2. The molecule has 1 aromatic heterocycles. The summed E-state index contributed by atoms with van der Waals surface area (Å²) < 4.78 is 39.4. The van der Waals surface area contributed by atoms with Crippen molar-refractivity contribution in [2.75, 3.05) is 7.11 Å². The Morgan fingerprint density at radius 3 is 2.74 bits per heavy atom. The van der Waals surface area contributed by atoms with Crippen molar-refractivity contribution in [1.29, 1.82) is 0 Å². The predicted molar refractivity (Wildman–Crippen MR) is 63.6 cm³/mol. The van der Waals surface area contributed by atoms with Crippen molar-refractivity contribution in [2.45, 2.75) is 20.0 Å². The first kappa shape index (κ1) is 13.3. The zero-order valence-corrected chi connectivity index (χ0v) is 10.4. The highest BCUT2D eigenvalue weighted by atomic mass is 19.3. The van der Waals surface area contributed by atoms with Crippen LogP contribution in [0.4, 0.5) is 8.78 Å². The molecule has 0 saturated carbocycles. The SMILES string of the molecule is CCc1oc2c(C(=O)OC)cccc2c1OC(F)F. The molecule has 0 atom stereocenters. The van der Waals surface area contributed by atoms with Crippen molar-refractivity contribution < 1.29 is 27.5 Å². The van der Waals surface area contributed by atoms with E-state index in [1.54, 1.807) is 19.1 Å². The zero-order chi connectivity index (χ0) is 14.0. The van der Waals surface area contributed by atoms with E-state index in [2.05, 4.69) is 9.47 Å². The molecule has 6 heteroatoms. The summed E-state index contributed by atoms with van der Waals surface area (Å²) in [6, 6.07) is 4.62. The van der Waals surface area contributed by atoms with Crippen molar-refractivity contribution in [1.82, 2.24) is 0 Å². The Labute approximate surface area is 107 Å². The molecule has 0 aliphatic heterocycles. The van der Waals surface area contributed by atoms with Crippen LogP contribution in [0.1, 0.15) is 23.0 Å². The number of hydrogen-bond donors (Lipinski definition) is 0. The highest BCUT2D eigenvalue weighted by Crippen LogP contribution is 2.36. The topological polar surface area (TPSA) is 48.7 Å². The van der Waals surface area contributed by atoms with Gasteiger partial charge in [-0.1, -0.05) is 13.0 Å². The molecule has 1 aromatic carbocycles. The van der Waals surface area contributed by atoms with Crippen LogP contribution in [0.2, 0.25) is 0 Å². The Hall–Kier alpha value is -2.11. The van der Waals surface area contributed by atoms with E-state index in [0.717, 1.165) is 0 Å². The van der Waals surface area contributed by atoms with Gasteiger partial charge in [-0.25, -0.2) is 4.79 Å². The van der Waals surface area contributed by atoms with Crippen LogP contribution in [0, 0.1) is 0 Å². The van der Waals surface area contributed by atoms with Gasteiger partial charge < -0.3 is 13.9 Å². The third kappa shape index (κ3) is 2.38. The van der Waals surface area contributed by atoms with Crippen molar-refractivity contribution in [3.05, 3.63) is 29.5 Å². The van der Waals surface area contributed by atoms with Crippen molar-refractivity contribution in [3.63, 3.8) is 0 Å². The van der Waals surface area contributed by atoms with Crippen LogP contribution in [0.15, 0.2) is 22.6 Å². The maximum absolute atomic E-state index is 12.4. The monoisotopic (exact) mass is 270 g/mol. The Morgan fingerprint density at radius 2 is 2.16 bits per heavy atom. The van der Waals surface area contributed by atoms with Crippen LogP contribution in [0.25, 0.3) is 11.0 Å². The van der Waals surface area contributed by atoms with Gasteiger partial charge in [0.05, 0.1) is 12.5 Å². The summed E-state index contributed by atoms with van der Waals surface area (Å²) in [6.07, 6.45) is 0.372. The fraction of sp³-hybridized carbons (Fsp3) is 0.308. The van der Waals surface area contributed by atoms with Gasteiger partial charge in [-0.05, 0) is 12.1 Å². The molecule has 1 heterocycles. The number of para-hydroxylation sites is 1. The van der Waals surface area contributed by atoms with Crippen molar-refractivity contribution in [3.8, 4) is 5.75 Å². The third-order valence-corrected chi connectivity index (χ3v) is 2.67. The zero-order valence-electron chi connectivity index (χ0n) is 10.4. The number of hydrogen-bond acceptors (Lipinski definition) is 4. The number of alkyl halides is 2. The number of carbonyl (C=O) groups is 1. The molecule has 4 nitrogen and oxygen atoms in total. The molecule has 2 rings (SSSR count). The second-order valence-electron chi connectivity index (χ2n) is 3.76. The molecule has 102 valence electrons. The second kappa shape index (κ2) is 5.26. The molecule has 0 fully saturated rings. The maximum Gasteiger partial charge on any atom is 0.387 e. The van der Waals surface area contributed by atoms with E-state index in [-0.39, 0.29) is 22.7 Å². The van der Waals surface area contributed by atoms with Crippen LogP contribution in [0.3, 0.4) is 0 Å². The Bertz CT molecular complexity index is 604. The highest BCUT2D eigenvalue weighted by Gasteiger charge is 2.22. The molecule has 0 spiro atoms. The average molecular weight is 270 g/mol. The molecule has 0 bridgehead atoms. The molecule has 19 heavy (non-hydrogen) atoms. The summed E-state index contributed by atoms with van der Waals surface area (Å²) in [5.74, 6) is -0.351. The van der Waals surface area contributed by atoms with Gasteiger partial charge >= 0.3 is 12.6 Å². The predicted octanol–water partition coefficient (Wildman–Crippen LogP) is 3.38. The lowest BCUT2D eigenvalue weighted by Gasteiger charge is -2.03. The molecular formula is C13H12F2O4. The Kier molecular flexibility index (Phi) is 3.69. The van der Waals surface area contributed by atoms with Gasteiger partial charge in [-0.2, -0.15) is 8.78 Å². The quantitative estimate of drug-likeness (QED) is 0.799. The maximum atomic E-state index is 12.4. The molecule has 2 aromatic rings. The molecule has 0 unspecified atom stereocenters. The van der Waals surface area contributed by atoms with Crippen LogP contribution in [-0.2, 0) is 11.2 Å². The minimum atomic E-state index is -2.95. The Morgan fingerprint density at radius 1 is 1.42 bits per heavy atom. The van der Waals surface area contributed by atoms with Gasteiger partial charge in [0, 0.05) is 6.42 Å². The number of methoxy groups -OCH3 is 1. The van der Waals surface area contributed by atoms with Gasteiger partial charge in [-0.3, -0.25) is 0 Å². The van der Waals surface area contributed by atoms with E-state index in [1.807, 2.05) is 0 Å².